The lowest BCUT2D eigenvalue weighted by atomic mass is 9.96. The predicted octanol–water partition coefficient (Wildman–Crippen LogP) is 0.506. The molecule has 0 radical (unpaired) electrons. The van der Waals surface area contributed by atoms with Crippen molar-refractivity contribution >= 4 is 65.0 Å². The number of phenols is 2. The van der Waals surface area contributed by atoms with Gasteiger partial charge in [-0.3, -0.25) is 52.7 Å². The fourth-order valence-electron chi connectivity index (χ4n) is 9.12. The maximum absolute atomic E-state index is 14.9. The number of aliphatic carboxylic acids is 1. The van der Waals surface area contributed by atoms with E-state index in [2.05, 4.69) is 53.2 Å². The highest BCUT2D eigenvalue weighted by molar-refractivity contribution is 5.98. The van der Waals surface area contributed by atoms with Crippen LogP contribution in [0.2, 0.25) is 0 Å². The molecule has 0 saturated carbocycles. The molecule has 0 spiro atoms. The number of carbonyl (C=O) groups is 11. The number of phenolic OH excluding ortho intramolecular Hbond substituents is 2. The van der Waals surface area contributed by atoms with Crippen LogP contribution in [0.1, 0.15) is 131 Å². The van der Waals surface area contributed by atoms with E-state index < -0.39 is 138 Å². The first-order valence-corrected chi connectivity index (χ1v) is 29.7. The van der Waals surface area contributed by atoms with Gasteiger partial charge in [-0.1, -0.05) is 79.2 Å². The summed E-state index contributed by atoms with van der Waals surface area (Å²) in [7, 11) is 2.90. The van der Waals surface area contributed by atoms with E-state index in [0.29, 0.717) is 30.4 Å². The van der Waals surface area contributed by atoms with Crippen molar-refractivity contribution in [2.24, 2.45) is 23.5 Å². The molecule has 0 aromatic heterocycles. The van der Waals surface area contributed by atoms with Gasteiger partial charge in [-0.05, 0) is 126 Å². The van der Waals surface area contributed by atoms with Gasteiger partial charge >= 0.3 is 5.97 Å². The van der Waals surface area contributed by atoms with Gasteiger partial charge < -0.3 is 79.1 Å². The number of amides is 10. The van der Waals surface area contributed by atoms with Crippen molar-refractivity contribution in [1.82, 2.24) is 58.1 Å². The second-order valence-corrected chi connectivity index (χ2v) is 22.5. The molecule has 0 heterocycles. The average molecular weight is 1210 g/mol. The molecule has 26 nitrogen and oxygen atoms in total. The van der Waals surface area contributed by atoms with Crippen molar-refractivity contribution < 1.29 is 68.1 Å². The number of unbranched alkanes of at least 4 members (excludes halogenated alkanes) is 1. The van der Waals surface area contributed by atoms with E-state index in [-0.39, 0.29) is 81.4 Å². The number of likely N-dealkylation sites (N-methyl/N-ethyl adjacent to an activating group) is 3. The fraction of sp³-hybridized carbons (Fsp3) is 0.617. The number of nitrogens with zero attached hydrogens (tertiary/aromatic N) is 1. The summed E-state index contributed by atoms with van der Waals surface area (Å²) in [6.45, 7) is 15.7. The Morgan fingerprint density at radius 1 is 0.523 bits per heavy atom. The molecule has 2 rings (SSSR count). The second-order valence-electron chi connectivity index (χ2n) is 22.5. The minimum atomic E-state index is -1.47. The summed E-state index contributed by atoms with van der Waals surface area (Å²) in [5.74, 6) is -9.29. The molecule has 0 bridgehead atoms. The molecular formula is C60H96N12O14. The van der Waals surface area contributed by atoms with Crippen LogP contribution in [0.3, 0.4) is 0 Å². The van der Waals surface area contributed by atoms with E-state index in [4.69, 9.17) is 5.73 Å². The number of benzene rings is 2. The first kappa shape index (κ1) is 74.2. The Morgan fingerprint density at radius 2 is 1.00 bits per heavy atom. The first-order chi connectivity index (χ1) is 40.6. The third-order valence-corrected chi connectivity index (χ3v) is 14.5. The van der Waals surface area contributed by atoms with Crippen LogP contribution in [-0.4, -0.2) is 173 Å². The molecule has 0 aliphatic rings. The zero-order valence-corrected chi connectivity index (χ0v) is 51.8. The molecule has 0 aliphatic heterocycles. The summed E-state index contributed by atoms with van der Waals surface area (Å²) in [6.07, 6.45) is 0.398. The zero-order valence-electron chi connectivity index (χ0n) is 51.8. The Labute approximate surface area is 505 Å². The highest BCUT2D eigenvalue weighted by Crippen LogP contribution is 2.19. The van der Waals surface area contributed by atoms with Crippen molar-refractivity contribution in [1.29, 1.82) is 0 Å². The Kier molecular flexibility index (Phi) is 33.0. The molecule has 86 heavy (non-hydrogen) atoms. The van der Waals surface area contributed by atoms with Gasteiger partial charge in [0.25, 0.3) is 0 Å². The maximum Gasteiger partial charge on any atom is 0.303 e. The summed E-state index contributed by atoms with van der Waals surface area (Å²) in [5, 5.41) is 56.2. The number of nitrogens with two attached hydrogens (primary N) is 1. The zero-order chi connectivity index (χ0) is 64.8. The summed E-state index contributed by atoms with van der Waals surface area (Å²) in [5.41, 5.74) is 6.99. The number of carbonyl (C=O) groups excluding carboxylic acids is 10. The SMILES string of the molecule is CCNC(=O)[C@H](Cc1ccc(O)cc1)NC(=O)[C@H](CC(C)C)NC(=O)[C@@H](NC(=O)[C@H](CC)NC(=O)[C@H](CCCCN)N(C)C(=O)[C@H](Cc1ccc(O)cc1)NC(=O)[C@H](CC(C)C)NC(=O)[C@H](CCC(=O)O)NC(=O)CNC(=O)[C@H](C)NC)[C@@H](C)CC. The van der Waals surface area contributed by atoms with E-state index >= 15 is 0 Å². The Morgan fingerprint density at radius 3 is 1.48 bits per heavy atom. The number of aromatic hydroxyl groups is 2. The van der Waals surface area contributed by atoms with E-state index in [1.165, 1.54) is 43.4 Å². The van der Waals surface area contributed by atoms with Crippen LogP contribution in [0.15, 0.2) is 48.5 Å². The quantitative estimate of drug-likeness (QED) is 0.0406. The summed E-state index contributed by atoms with van der Waals surface area (Å²) in [4.78, 5) is 152. The largest absolute Gasteiger partial charge is 0.508 e. The number of carboxylic acid groups (broad SMARTS) is 1. The average Bonchev–Trinajstić information content (AvgIpc) is 3.06. The molecule has 0 fully saturated rings. The maximum atomic E-state index is 14.9. The van der Waals surface area contributed by atoms with Crippen LogP contribution < -0.4 is 58.9 Å². The van der Waals surface area contributed by atoms with Crippen molar-refractivity contribution in [3.63, 3.8) is 0 Å². The molecule has 480 valence electrons. The highest BCUT2D eigenvalue weighted by atomic mass is 16.4. The standard InChI is InChI=1S/C60H96N12O14/c1-12-36(8)51(59(85)69-45(30-35(6)7)56(82)68-46(53(79)63-14-3)31-38-18-22-40(73)23-19-38)71-54(80)42(13-2)66-58(84)48(17-15-16-28-61)72(11)60(86)47(32-39-20-24-41(74)25-21-39)70-57(83)44(29-34(4)5)67-55(81)43(26-27-50(76)77)65-49(75)33-64-52(78)37(9)62-10/h18-25,34-37,42-48,51,62,73-74H,12-17,26-33,61H2,1-11H3,(H,63,79)(H,64,78)(H,65,75)(H,66,84)(H,67,81)(H,68,82)(H,69,85)(H,70,83)(H,71,80)(H,76,77)/t36-,37-,42-,43-,44-,45-,46-,47-,48-,51-/m0/s1. The fourth-order valence-corrected chi connectivity index (χ4v) is 9.12. The minimum Gasteiger partial charge on any atom is -0.508 e. The molecule has 0 saturated heterocycles. The van der Waals surface area contributed by atoms with Crippen LogP contribution in [-0.2, 0) is 65.6 Å². The van der Waals surface area contributed by atoms with Gasteiger partial charge in [0, 0.05) is 32.9 Å². The van der Waals surface area contributed by atoms with Crippen LogP contribution >= 0.6 is 0 Å². The molecule has 10 amide bonds. The van der Waals surface area contributed by atoms with Crippen LogP contribution in [0.25, 0.3) is 0 Å². The Hall–Kier alpha value is -7.87. The number of nitrogens with one attached hydrogen (secondary N) is 10. The molecule has 0 unspecified atom stereocenters. The lowest BCUT2D eigenvalue weighted by Crippen LogP contribution is -2.61. The third kappa shape index (κ3) is 26.2. The van der Waals surface area contributed by atoms with Crippen LogP contribution in [0, 0.1) is 17.8 Å². The van der Waals surface area contributed by atoms with Gasteiger partial charge in [-0.25, -0.2) is 0 Å². The normalized spacial score (nSPS) is 14.7. The smallest absolute Gasteiger partial charge is 0.303 e. The first-order valence-electron chi connectivity index (χ1n) is 29.7. The Bertz CT molecular complexity index is 2550. The summed E-state index contributed by atoms with van der Waals surface area (Å²) >= 11 is 0. The van der Waals surface area contributed by atoms with Gasteiger partial charge in [0.1, 0.15) is 59.8 Å². The van der Waals surface area contributed by atoms with E-state index in [9.17, 15) is 68.1 Å². The number of hydrogen-bond donors (Lipinski definition) is 14. The number of rotatable bonds is 39. The molecule has 0 aliphatic carbocycles. The molecular weight excluding hydrogens is 1110 g/mol. The molecule has 10 atom stereocenters. The highest BCUT2D eigenvalue weighted by Gasteiger charge is 2.38. The molecule has 2 aromatic carbocycles. The lowest BCUT2D eigenvalue weighted by Gasteiger charge is -2.33. The predicted molar refractivity (Wildman–Crippen MR) is 322 cm³/mol. The van der Waals surface area contributed by atoms with Crippen LogP contribution in [0.5, 0.6) is 11.5 Å². The monoisotopic (exact) mass is 1210 g/mol. The van der Waals surface area contributed by atoms with Gasteiger partial charge in [-0.2, -0.15) is 0 Å². The van der Waals surface area contributed by atoms with Crippen molar-refractivity contribution in [3.05, 3.63) is 59.7 Å². The topological polar surface area (TPSA) is 398 Å². The summed E-state index contributed by atoms with van der Waals surface area (Å²) in [6, 6.07) is 1.17. The van der Waals surface area contributed by atoms with E-state index in [1.54, 1.807) is 60.7 Å². The number of carboxylic acids is 1. The second kappa shape index (κ2) is 38.2. The summed E-state index contributed by atoms with van der Waals surface area (Å²) < 4.78 is 0. The van der Waals surface area contributed by atoms with Gasteiger partial charge in [-0.15, -0.1) is 0 Å². The molecule has 26 heteroatoms. The van der Waals surface area contributed by atoms with Crippen molar-refractivity contribution in [2.75, 3.05) is 33.7 Å². The lowest BCUT2D eigenvalue weighted by molar-refractivity contribution is -0.143. The van der Waals surface area contributed by atoms with E-state index in [0.717, 1.165) is 4.90 Å². The van der Waals surface area contributed by atoms with Gasteiger partial charge in [0.2, 0.25) is 59.1 Å². The third-order valence-electron chi connectivity index (χ3n) is 14.5. The van der Waals surface area contributed by atoms with Gasteiger partial charge in [0.05, 0.1) is 12.6 Å². The van der Waals surface area contributed by atoms with Crippen molar-refractivity contribution in [2.45, 2.75) is 187 Å². The molecule has 2 aromatic rings. The Balaban J connectivity index is 2.50. The molecule has 15 N–H and O–H groups in total. The number of hydrogen-bond acceptors (Lipinski definition) is 15. The van der Waals surface area contributed by atoms with E-state index in [1.807, 2.05) is 20.8 Å². The minimum absolute atomic E-state index is 0.00569. The van der Waals surface area contributed by atoms with Crippen LogP contribution in [0.4, 0.5) is 0 Å². The van der Waals surface area contributed by atoms with Gasteiger partial charge in [0.15, 0.2) is 0 Å². The van der Waals surface area contributed by atoms with Crippen molar-refractivity contribution in [3.8, 4) is 11.5 Å².